The standard InChI is InChI=1S/C16H19N3O2/c1-13-17-10-9-14(18-13)12-19(11-5-8-16(20)21)15-6-3-2-4-7-15/h2-4,6-7,9-10H,5,8,11-12H2,1H3,(H,20,21). The first-order valence-corrected chi connectivity index (χ1v) is 6.95. The van der Waals surface area contributed by atoms with Crippen molar-refractivity contribution in [2.75, 3.05) is 11.4 Å². The molecule has 0 aliphatic rings. The van der Waals surface area contributed by atoms with E-state index < -0.39 is 5.97 Å². The highest BCUT2D eigenvalue weighted by atomic mass is 16.4. The topological polar surface area (TPSA) is 66.3 Å². The molecule has 1 aromatic carbocycles. The fourth-order valence-electron chi connectivity index (χ4n) is 2.15. The minimum absolute atomic E-state index is 0.173. The van der Waals surface area contributed by atoms with Crippen LogP contribution in [0.15, 0.2) is 42.6 Å². The van der Waals surface area contributed by atoms with E-state index in [1.807, 2.05) is 43.3 Å². The first-order chi connectivity index (χ1) is 10.1. The fourth-order valence-corrected chi connectivity index (χ4v) is 2.15. The third-order valence-corrected chi connectivity index (χ3v) is 3.13. The predicted molar refractivity (Wildman–Crippen MR) is 81.1 cm³/mol. The van der Waals surface area contributed by atoms with E-state index in [1.165, 1.54) is 0 Å². The van der Waals surface area contributed by atoms with Gasteiger partial charge in [-0.15, -0.1) is 0 Å². The Bertz CT molecular complexity index is 587. The Morgan fingerprint density at radius 3 is 2.67 bits per heavy atom. The lowest BCUT2D eigenvalue weighted by Gasteiger charge is -2.24. The lowest BCUT2D eigenvalue weighted by Crippen LogP contribution is -2.25. The number of hydrogen-bond donors (Lipinski definition) is 1. The summed E-state index contributed by atoms with van der Waals surface area (Å²) in [5.74, 6) is -0.0214. The monoisotopic (exact) mass is 285 g/mol. The maximum Gasteiger partial charge on any atom is 0.303 e. The summed E-state index contributed by atoms with van der Waals surface area (Å²) in [5.41, 5.74) is 2.00. The summed E-state index contributed by atoms with van der Waals surface area (Å²) >= 11 is 0. The quantitative estimate of drug-likeness (QED) is 0.847. The highest BCUT2D eigenvalue weighted by Gasteiger charge is 2.09. The summed E-state index contributed by atoms with van der Waals surface area (Å²) in [6.07, 6.45) is 2.53. The van der Waals surface area contributed by atoms with Gasteiger partial charge in [0.2, 0.25) is 0 Å². The Kier molecular flexibility index (Phi) is 5.26. The molecule has 0 atom stereocenters. The number of aliphatic carboxylic acids is 1. The van der Waals surface area contributed by atoms with Crippen LogP contribution >= 0.6 is 0 Å². The van der Waals surface area contributed by atoms with Gasteiger partial charge in [-0.2, -0.15) is 0 Å². The zero-order valence-electron chi connectivity index (χ0n) is 12.1. The van der Waals surface area contributed by atoms with Crippen molar-refractivity contribution >= 4 is 11.7 Å². The zero-order chi connectivity index (χ0) is 15.1. The van der Waals surface area contributed by atoms with Gasteiger partial charge in [-0.05, 0) is 31.5 Å². The Hall–Kier alpha value is -2.43. The van der Waals surface area contributed by atoms with E-state index in [0.29, 0.717) is 19.5 Å². The van der Waals surface area contributed by atoms with Gasteiger partial charge in [0, 0.05) is 24.8 Å². The summed E-state index contributed by atoms with van der Waals surface area (Å²) in [6.45, 7) is 3.19. The van der Waals surface area contributed by atoms with Crippen LogP contribution in [-0.2, 0) is 11.3 Å². The molecule has 1 heterocycles. The molecule has 0 unspecified atom stereocenters. The molecule has 2 aromatic rings. The van der Waals surface area contributed by atoms with Gasteiger partial charge in [0.25, 0.3) is 0 Å². The van der Waals surface area contributed by atoms with Gasteiger partial charge in [0.05, 0.1) is 12.2 Å². The number of carboxylic acids is 1. The largest absolute Gasteiger partial charge is 0.481 e. The number of aromatic nitrogens is 2. The van der Waals surface area contributed by atoms with E-state index in [-0.39, 0.29) is 6.42 Å². The second-order valence-corrected chi connectivity index (χ2v) is 4.85. The highest BCUT2D eigenvalue weighted by Crippen LogP contribution is 2.16. The van der Waals surface area contributed by atoms with Gasteiger partial charge >= 0.3 is 5.97 Å². The smallest absolute Gasteiger partial charge is 0.303 e. The van der Waals surface area contributed by atoms with Crippen molar-refractivity contribution in [2.45, 2.75) is 26.3 Å². The Balaban J connectivity index is 2.10. The molecule has 5 nitrogen and oxygen atoms in total. The summed E-state index contributed by atoms with van der Waals surface area (Å²) in [4.78, 5) is 21.3. The molecule has 1 N–H and O–H groups in total. The Morgan fingerprint density at radius 1 is 1.24 bits per heavy atom. The molecular weight excluding hydrogens is 266 g/mol. The minimum Gasteiger partial charge on any atom is -0.481 e. The van der Waals surface area contributed by atoms with Gasteiger partial charge < -0.3 is 10.0 Å². The first kappa shape index (κ1) is 15.0. The number of nitrogens with zero attached hydrogens (tertiary/aromatic N) is 3. The molecule has 0 bridgehead atoms. The van der Waals surface area contributed by atoms with Gasteiger partial charge in [0.15, 0.2) is 0 Å². The molecule has 0 saturated carbocycles. The van der Waals surface area contributed by atoms with Crippen LogP contribution in [0.5, 0.6) is 0 Å². The van der Waals surface area contributed by atoms with E-state index in [9.17, 15) is 4.79 Å². The van der Waals surface area contributed by atoms with Crippen LogP contribution in [0, 0.1) is 6.92 Å². The van der Waals surface area contributed by atoms with Crippen LogP contribution in [0.1, 0.15) is 24.4 Å². The molecule has 1 aromatic heterocycles. The van der Waals surface area contributed by atoms with E-state index in [1.54, 1.807) is 6.20 Å². The van der Waals surface area contributed by atoms with E-state index in [4.69, 9.17) is 5.11 Å². The van der Waals surface area contributed by atoms with Gasteiger partial charge in [-0.25, -0.2) is 9.97 Å². The molecular formula is C16H19N3O2. The van der Waals surface area contributed by atoms with E-state index in [0.717, 1.165) is 17.2 Å². The average molecular weight is 285 g/mol. The molecule has 0 fully saturated rings. The van der Waals surface area contributed by atoms with E-state index >= 15 is 0 Å². The summed E-state index contributed by atoms with van der Waals surface area (Å²) in [7, 11) is 0. The molecule has 21 heavy (non-hydrogen) atoms. The molecule has 0 spiro atoms. The second kappa shape index (κ2) is 7.38. The molecule has 5 heteroatoms. The zero-order valence-corrected chi connectivity index (χ0v) is 12.1. The van der Waals surface area contributed by atoms with Crippen LogP contribution in [0.25, 0.3) is 0 Å². The average Bonchev–Trinajstić information content (AvgIpc) is 2.47. The number of carbonyl (C=O) groups is 1. The van der Waals surface area contributed by atoms with Crippen LogP contribution in [0.3, 0.4) is 0 Å². The van der Waals surface area contributed by atoms with Crippen molar-refractivity contribution in [2.24, 2.45) is 0 Å². The highest BCUT2D eigenvalue weighted by molar-refractivity contribution is 5.66. The number of para-hydroxylation sites is 1. The third-order valence-electron chi connectivity index (χ3n) is 3.13. The molecule has 0 amide bonds. The predicted octanol–water partition coefficient (Wildman–Crippen LogP) is 2.66. The number of aryl methyl sites for hydroxylation is 1. The number of hydrogen-bond acceptors (Lipinski definition) is 4. The maximum atomic E-state index is 10.7. The Labute approximate surface area is 124 Å². The molecule has 0 saturated heterocycles. The van der Waals surface area contributed by atoms with Crippen molar-refractivity contribution < 1.29 is 9.90 Å². The van der Waals surface area contributed by atoms with Crippen LogP contribution < -0.4 is 4.90 Å². The van der Waals surface area contributed by atoms with Crippen LogP contribution in [-0.4, -0.2) is 27.6 Å². The van der Waals surface area contributed by atoms with Crippen LogP contribution in [0.4, 0.5) is 5.69 Å². The summed E-state index contributed by atoms with van der Waals surface area (Å²) in [5, 5.41) is 8.78. The molecule has 2 rings (SSSR count). The number of carboxylic acid groups (broad SMARTS) is 1. The normalized spacial score (nSPS) is 10.3. The Morgan fingerprint density at radius 2 is 2.00 bits per heavy atom. The lowest BCUT2D eigenvalue weighted by atomic mass is 10.2. The second-order valence-electron chi connectivity index (χ2n) is 4.85. The van der Waals surface area contributed by atoms with Gasteiger partial charge in [-0.3, -0.25) is 4.79 Å². The van der Waals surface area contributed by atoms with Crippen molar-refractivity contribution in [3.05, 3.63) is 54.1 Å². The maximum absolute atomic E-state index is 10.7. The number of anilines is 1. The SMILES string of the molecule is Cc1nccc(CN(CCCC(=O)O)c2ccccc2)n1. The first-order valence-electron chi connectivity index (χ1n) is 6.95. The van der Waals surface area contributed by atoms with Crippen molar-refractivity contribution in [3.8, 4) is 0 Å². The number of benzene rings is 1. The minimum atomic E-state index is -0.763. The van der Waals surface area contributed by atoms with Crippen molar-refractivity contribution in [1.29, 1.82) is 0 Å². The van der Waals surface area contributed by atoms with Gasteiger partial charge in [-0.1, -0.05) is 18.2 Å². The lowest BCUT2D eigenvalue weighted by molar-refractivity contribution is -0.137. The fraction of sp³-hybridized carbons (Fsp3) is 0.312. The molecule has 0 aliphatic heterocycles. The number of rotatable bonds is 7. The van der Waals surface area contributed by atoms with Crippen molar-refractivity contribution in [3.63, 3.8) is 0 Å². The molecule has 0 aliphatic carbocycles. The summed E-state index contributed by atoms with van der Waals surface area (Å²) < 4.78 is 0. The van der Waals surface area contributed by atoms with Crippen LogP contribution in [0.2, 0.25) is 0 Å². The van der Waals surface area contributed by atoms with Gasteiger partial charge in [0.1, 0.15) is 5.82 Å². The van der Waals surface area contributed by atoms with E-state index in [2.05, 4.69) is 14.9 Å². The summed E-state index contributed by atoms with van der Waals surface area (Å²) in [6, 6.07) is 11.9. The van der Waals surface area contributed by atoms with Crippen molar-refractivity contribution in [1.82, 2.24) is 9.97 Å². The third kappa shape index (κ3) is 4.87. The molecule has 110 valence electrons. The molecule has 0 radical (unpaired) electrons.